The molecule has 2 N–H and O–H groups in total. The van der Waals surface area contributed by atoms with Gasteiger partial charge in [-0.05, 0) is 20.0 Å². The average molecular weight is 318 g/mol. The van der Waals surface area contributed by atoms with Crippen molar-refractivity contribution in [3.63, 3.8) is 0 Å². The lowest BCUT2D eigenvalue weighted by Crippen LogP contribution is -2.32. The number of benzene rings is 2. The molecule has 2 heterocycles. The van der Waals surface area contributed by atoms with Crippen molar-refractivity contribution in [3.05, 3.63) is 77.4 Å². The SMILES string of the molecule is CNN[C@@H]1N=C(c2ccccc2)c2ccccc2-n2c(C)nnc21. The van der Waals surface area contributed by atoms with Gasteiger partial charge in [0.15, 0.2) is 12.0 Å². The Morgan fingerprint density at radius 1 is 0.958 bits per heavy atom. The summed E-state index contributed by atoms with van der Waals surface area (Å²) in [6, 6.07) is 18.4. The van der Waals surface area contributed by atoms with Crippen molar-refractivity contribution in [2.75, 3.05) is 7.05 Å². The highest BCUT2D eigenvalue weighted by molar-refractivity contribution is 6.15. The lowest BCUT2D eigenvalue weighted by molar-refractivity contribution is 0.466. The van der Waals surface area contributed by atoms with Gasteiger partial charge in [0.1, 0.15) is 5.82 Å². The predicted octanol–water partition coefficient (Wildman–Crippen LogP) is 2.15. The average Bonchev–Trinajstić information content (AvgIpc) is 2.94. The van der Waals surface area contributed by atoms with Crippen molar-refractivity contribution in [1.29, 1.82) is 0 Å². The molecule has 1 aromatic heterocycles. The molecule has 1 atom stereocenters. The number of hydrazine groups is 1. The molecule has 0 radical (unpaired) electrons. The minimum Gasteiger partial charge on any atom is -0.280 e. The normalized spacial score (nSPS) is 16.1. The summed E-state index contributed by atoms with van der Waals surface area (Å²) in [4.78, 5) is 4.95. The molecule has 0 spiro atoms. The van der Waals surface area contributed by atoms with Crippen LogP contribution in [-0.4, -0.2) is 27.5 Å². The van der Waals surface area contributed by atoms with Crippen LogP contribution in [0.4, 0.5) is 0 Å². The van der Waals surface area contributed by atoms with Crippen LogP contribution in [0.15, 0.2) is 59.6 Å². The Balaban J connectivity index is 2.01. The van der Waals surface area contributed by atoms with E-state index in [-0.39, 0.29) is 6.17 Å². The first kappa shape index (κ1) is 14.7. The quantitative estimate of drug-likeness (QED) is 0.726. The van der Waals surface area contributed by atoms with Crippen LogP contribution >= 0.6 is 0 Å². The summed E-state index contributed by atoms with van der Waals surface area (Å²) in [7, 11) is 1.82. The van der Waals surface area contributed by atoms with E-state index >= 15 is 0 Å². The fourth-order valence-corrected chi connectivity index (χ4v) is 3.04. The van der Waals surface area contributed by atoms with Crippen LogP contribution in [0.2, 0.25) is 0 Å². The standard InChI is InChI=1S/C18H18N6/c1-12-21-23-18-17(22-19-2)20-16(13-8-4-3-5-9-13)14-10-6-7-11-15(14)24(12)18/h3-11,17,19,22H,1-2H3/t17-/m0/s1. The van der Waals surface area contributed by atoms with Crippen molar-refractivity contribution < 1.29 is 0 Å². The maximum atomic E-state index is 4.95. The van der Waals surface area contributed by atoms with Crippen molar-refractivity contribution >= 4 is 5.71 Å². The number of aliphatic imine (C=N–C) groups is 1. The maximum absolute atomic E-state index is 4.95. The predicted molar refractivity (Wildman–Crippen MR) is 93.1 cm³/mol. The van der Waals surface area contributed by atoms with E-state index in [1.807, 2.05) is 44.3 Å². The lowest BCUT2D eigenvalue weighted by atomic mass is 10.0. The summed E-state index contributed by atoms with van der Waals surface area (Å²) >= 11 is 0. The van der Waals surface area contributed by atoms with Crippen LogP contribution in [0, 0.1) is 6.92 Å². The topological polar surface area (TPSA) is 67.1 Å². The molecule has 24 heavy (non-hydrogen) atoms. The highest BCUT2D eigenvalue weighted by Crippen LogP contribution is 2.29. The van der Waals surface area contributed by atoms with E-state index in [1.54, 1.807) is 0 Å². The molecule has 0 fully saturated rings. The van der Waals surface area contributed by atoms with Crippen LogP contribution in [0.5, 0.6) is 0 Å². The Bertz CT molecular complexity index is 897. The molecule has 4 rings (SSSR count). The molecule has 2 aromatic carbocycles. The first-order valence-electron chi connectivity index (χ1n) is 7.87. The van der Waals surface area contributed by atoms with Crippen molar-refractivity contribution in [3.8, 4) is 5.69 Å². The van der Waals surface area contributed by atoms with Crippen molar-refractivity contribution in [2.45, 2.75) is 13.1 Å². The number of para-hydroxylation sites is 1. The molecule has 6 heteroatoms. The van der Waals surface area contributed by atoms with Crippen LogP contribution in [-0.2, 0) is 0 Å². The molecule has 0 bridgehead atoms. The fourth-order valence-electron chi connectivity index (χ4n) is 3.04. The molecule has 0 amide bonds. The van der Waals surface area contributed by atoms with Gasteiger partial charge in [-0.15, -0.1) is 10.2 Å². The number of aryl methyl sites for hydroxylation is 1. The van der Waals surface area contributed by atoms with E-state index in [1.165, 1.54) is 0 Å². The minimum atomic E-state index is -0.334. The monoisotopic (exact) mass is 318 g/mol. The largest absolute Gasteiger partial charge is 0.280 e. The minimum absolute atomic E-state index is 0.334. The zero-order valence-electron chi connectivity index (χ0n) is 13.6. The molecule has 120 valence electrons. The Kier molecular flexibility index (Phi) is 3.68. The van der Waals surface area contributed by atoms with Gasteiger partial charge in [0.05, 0.1) is 11.4 Å². The summed E-state index contributed by atoms with van der Waals surface area (Å²) in [5.74, 6) is 1.60. The number of aromatic nitrogens is 3. The number of hydrogen-bond acceptors (Lipinski definition) is 5. The number of nitrogens with zero attached hydrogens (tertiary/aromatic N) is 4. The third kappa shape index (κ3) is 2.33. The molecular formula is C18H18N6. The van der Waals surface area contributed by atoms with Crippen molar-refractivity contribution in [1.82, 2.24) is 25.6 Å². The molecule has 3 aromatic rings. The summed E-state index contributed by atoms with van der Waals surface area (Å²) in [5.41, 5.74) is 10.3. The van der Waals surface area contributed by atoms with Crippen LogP contribution in [0.3, 0.4) is 0 Å². The molecule has 0 saturated heterocycles. The van der Waals surface area contributed by atoms with Gasteiger partial charge in [-0.2, -0.15) is 0 Å². The van der Waals surface area contributed by atoms with E-state index < -0.39 is 0 Å². The summed E-state index contributed by atoms with van der Waals surface area (Å²) in [5, 5.41) is 8.59. The molecular weight excluding hydrogens is 300 g/mol. The smallest absolute Gasteiger partial charge is 0.178 e. The van der Waals surface area contributed by atoms with Crippen LogP contribution < -0.4 is 10.9 Å². The van der Waals surface area contributed by atoms with Gasteiger partial charge in [-0.3, -0.25) is 15.0 Å². The number of hydrogen-bond donors (Lipinski definition) is 2. The second-order valence-corrected chi connectivity index (χ2v) is 5.60. The molecule has 1 aliphatic heterocycles. The maximum Gasteiger partial charge on any atom is 0.178 e. The molecule has 0 unspecified atom stereocenters. The third-order valence-corrected chi connectivity index (χ3v) is 4.08. The first-order chi connectivity index (χ1) is 11.8. The second kappa shape index (κ2) is 5.99. The van der Waals surface area contributed by atoms with Crippen LogP contribution in [0.25, 0.3) is 5.69 Å². The van der Waals surface area contributed by atoms with Gasteiger partial charge in [0.2, 0.25) is 0 Å². The molecule has 1 aliphatic rings. The summed E-state index contributed by atoms with van der Waals surface area (Å²) in [6.07, 6.45) is -0.334. The van der Waals surface area contributed by atoms with Gasteiger partial charge in [-0.1, -0.05) is 48.5 Å². The Hall–Kier alpha value is -2.83. The zero-order valence-corrected chi connectivity index (χ0v) is 13.6. The van der Waals surface area contributed by atoms with Gasteiger partial charge in [-0.25, -0.2) is 5.43 Å². The van der Waals surface area contributed by atoms with Crippen molar-refractivity contribution in [2.24, 2.45) is 4.99 Å². The van der Waals surface area contributed by atoms with E-state index in [2.05, 4.69) is 49.9 Å². The third-order valence-electron chi connectivity index (χ3n) is 4.08. The first-order valence-corrected chi connectivity index (χ1v) is 7.87. The van der Waals surface area contributed by atoms with Crippen LogP contribution in [0.1, 0.15) is 28.9 Å². The van der Waals surface area contributed by atoms with E-state index in [9.17, 15) is 0 Å². The van der Waals surface area contributed by atoms with E-state index in [4.69, 9.17) is 4.99 Å². The zero-order chi connectivity index (χ0) is 16.5. The second-order valence-electron chi connectivity index (χ2n) is 5.60. The molecule has 0 aliphatic carbocycles. The number of nitrogens with one attached hydrogen (secondary N) is 2. The van der Waals surface area contributed by atoms with E-state index in [0.717, 1.165) is 34.2 Å². The number of rotatable bonds is 3. The van der Waals surface area contributed by atoms with Gasteiger partial charge in [0.25, 0.3) is 0 Å². The summed E-state index contributed by atoms with van der Waals surface area (Å²) < 4.78 is 2.06. The number of fused-ring (bicyclic) bond motifs is 3. The highest BCUT2D eigenvalue weighted by atomic mass is 15.4. The lowest BCUT2D eigenvalue weighted by Gasteiger charge is -2.13. The molecule has 0 saturated carbocycles. The fraction of sp³-hybridized carbons (Fsp3) is 0.167. The van der Waals surface area contributed by atoms with Gasteiger partial charge in [0, 0.05) is 11.1 Å². The van der Waals surface area contributed by atoms with Gasteiger partial charge >= 0.3 is 0 Å². The van der Waals surface area contributed by atoms with E-state index in [0.29, 0.717) is 0 Å². The highest BCUT2D eigenvalue weighted by Gasteiger charge is 2.27. The Morgan fingerprint density at radius 2 is 1.71 bits per heavy atom. The molecule has 6 nitrogen and oxygen atoms in total. The summed E-state index contributed by atoms with van der Waals surface area (Å²) in [6.45, 7) is 1.96. The Labute approximate surface area is 140 Å². The van der Waals surface area contributed by atoms with Gasteiger partial charge < -0.3 is 0 Å². The Morgan fingerprint density at radius 3 is 2.50 bits per heavy atom.